The highest BCUT2D eigenvalue weighted by Gasteiger charge is 2.50. The minimum Gasteiger partial charge on any atom is -0.491 e. The van der Waals surface area contributed by atoms with Crippen molar-refractivity contribution in [2.45, 2.75) is 43.9 Å². The number of carbonyl (C=O) groups excluding carboxylic acids is 3. The van der Waals surface area contributed by atoms with Crippen LogP contribution in [-0.2, 0) is 14.3 Å². The van der Waals surface area contributed by atoms with Crippen molar-refractivity contribution in [3.63, 3.8) is 0 Å². The van der Waals surface area contributed by atoms with E-state index in [0.717, 1.165) is 17.5 Å². The van der Waals surface area contributed by atoms with Crippen molar-refractivity contribution in [1.29, 1.82) is 0 Å². The van der Waals surface area contributed by atoms with Gasteiger partial charge in [0.2, 0.25) is 0 Å². The Hall–Kier alpha value is -4.04. The molecule has 2 unspecified atom stereocenters. The number of β-lactam (4-membered cyclic amide) rings is 1. The number of hydrogen-bond acceptors (Lipinski definition) is 6. The van der Waals surface area contributed by atoms with E-state index in [1.807, 2.05) is 80.6 Å². The van der Waals surface area contributed by atoms with E-state index >= 15 is 0 Å². The van der Waals surface area contributed by atoms with E-state index in [4.69, 9.17) is 9.47 Å². The molecule has 1 fully saturated rings. The molecule has 0 radical (unpaired) electrons. The molecule has 0 aliphatic carbocycles. The molecule has 1 saturated heterocycles. The van der Waals surface area contributed by atoms with Crippen LogP contribution in [0.25, 0.3) is 0 Å². The number of ether oxygens (including phenoxy) is 2. The summed E-state index contributed by atoms with van der Waals surface area (Å²) in [5.41, 5.74) is 2.55. The summed E-state index contributed by atoms with van der Waals surface area (Å²) in [5, 5.41) is 2.56. The monoisotopic (exact) mass is 542 g/mol. The minimum absolute atomic E-state index is 0.0343. The van der Waals surface area contributed by atoms with Crippen LogP contribution in [0.5, 0.6) is 5.75 Å². The number of esters is 1. The maximum Gasteiger partial charge on any atom is 0.337 e. The van der Waals surface area contributed by atoms with Gasteiger partial charge >= 0.3 is 5.97 Å². The van der Waals surface area contributed by atoms with Gasteiger partial charge in [-0.15, -0.1) is 11.8 Å². The van der Waals surface area contributed by atoms with Gasteiger partial charge in [0.05, 0.1) is 11.7 Å². The number of thioether (sulfide) groups is 1. The second-order valence-electron chi connectivity index (χ2n) is 9.52. The number of nitrogens with zero attached hydrogens (tertiary/aromatic N) is 1. The first-order chi connectivity index (χ1) is 18.9. The first-order valence-electron chi connectivity index (χ1n) is 13.0. The van der Waals surface area contributed by atoms with Gasteiger partial charge in [0.15, 0.2) is 6.10 Å². The summed E-state index contributed by atoms with van der Waals surface area (Å²) >= 11 is 1.43. The van der Waals surface area contributed by atoms with Gasteiger partial charge < -0.3 is 19.7 Å². The molecule has 0 spiro atoms. The molecular weight excluding hydrogens is 512 g/mol. The van der Waals surface area contributed by atoms with E-state index in [2.05, 4.69) is 5.32 Å². The van der Waals surface area contributed by atoms with Crippen LogP contribution < -0.4 is 10.1 Å². The Kier molecular flexibility index (Phi) is 8.02. The zero-order valence-corrected chi connectivity index (χ0v) is 22.6. The van der Waals surface area contributed by atoms with Gasteiger partial charge in [-0.1, -0.05) is 73.7 Å². The third-order valence-corrected chi connectivity index (χ3v) is 8.09. The number of benzene rings is 3. The summed E-state index contributed by atoms with van der Waals surface area (Å²) in [6.45, 7) is 4.00. The Morgan fingerprint density at radius 1 is 1.00 bits per heavy atom. The van der Waals surface area contributed by atoms with Gasteiger partial charge in [0, 0.05) is 17.5 Å². The molecule has 2 amide bonds. The summed E-state index contributed by atoms with van der Waals surface area (Å²) in [6.07, 6.45) is 1.88. The Balaban J connectivity index is 1.24. The number of amides is 2. The maximum atomic E-state index is 13.2. The predicted molar refractivity (Wildman–Crippen MR) is 150 cm³/mol. The van der Waals surface area contributed by atoms with E-state index in [1.54, 1.807) is 24.4 Å². The molecule has 2 aliphatic rings. The molecule has 0 saturated carbocycles. The van der Waals surface area contributed by atoms with Crippen molar-refractivity contribution in [3.05, 3.63) is 113 Å². The highest BCUT2D eigenvalue weighted by Crippen LogP contribution is 2.37. The van der Waals surface area contributed by atoms with E-state index in [1.165, 1.54) is 16.7 Å². The quantitative estimate of drug-likeness (QED) is 0.299. The first kappa shape index (κ1) is 26.6. The van der Waals surface area contributed by atoms with Crippen molar-refractivity contribution in [1.82, 2.24) is 10.2 Å². The van der Waals surface area contributed by atoms with Crippen molar-refractivity contribution < 1.29 is 23.9 Å². The maximum absolute atomic E-state index is 13.2. The molecule has 7 nitrogen and oxygen atoms in total. The lowest BCUT2D eigenvalue weighted by Gasteiger charge is -2.47. The molecule has 1 N–H and O–H groups in total. The summed E-state index contributed by atoms with van der Waals surface area (Å²) < 4.78 is 11.8. The molecule has 200 valence electrons. The normalized spacial score (nSPS) is 18.9. The lowest BCUT2D eigenvalue weighted by atomic mass is 10.0. The minimum atomic E-state index is -0.670. The van der Waals surface area contributed by atoms with Crippen molar-refractivity contribution >= 4 is 29.5 Å². The summed E-state index contributed by atoms with van der Waals surface area (Å²) in [7, 11) is 0. The first-order valence-corrected chi connectivity index (χ1v) is 14.0. The molecule has 3 aromatic rings. The van der Waals surface area contributed by atoms with Crippen LogP contribution in [0, 0.1) is 0 Å². The highest BCUT2D eigenvalue weighted by atomic mass is 32.2. The average Bonchev–Trinajstić information content (AvgIpc) is 2.98. The van der Waals surface area contributed by atoms with Crippen molar-refractivity contribution in [3.8, 4) is 5.75 Å². The van der Waals surface area contributed by atoms with Crippen LogP contribution in [0.15, 0.2) is 96.7 Å². The molecule has 0 aromatic heterocycles. The van der Waals surface area contributed by atoms with Crippen molar-refractivity contribution in [2.75, 3.05) is 5.75 Å². The number of rotatable bonds is 9. The fraction of sp³-hybridized carbons (Fsp3) is 0.258. The number of nitrogens with one attached hydrogen (secondary N) is 1. The number of carbonyl (C=O) groups is 3. The molecule has 8 heteroatoms. The van der Waals surface area contributed by atoms with Gasteiger partial charge in [-0.25, -0.2) is 4.79 Å². The Labute approximate surface area is 232 Å². The molecule has 5 rings (SSSR count). The van der Waals surface area contributed by atoms with Gasteiger partial charge in [0.25, 0.3) is 11.8 Å². The predicted octanol–water partition coefficient (Wildman–Crippen LogP) is 5.09. The largest absolute Gasteiger partial charge is 0.491 e. The molecule has 0 bridgehead atoms. The molecule has 2 aliphatic heterocycles. The molecule has 3 atom stereocenters. The second-order valence-corrected chi connectivity index (χ2v) is 10.6. The van der Waals surface area contributed by atoms with Crippen LogP contribution in [0.2, 0.25) is 0 Å². The summed E-state index contributed by atoms with van der Waals surface area (Å²) in [5.74, 6) is -0.0988. The Morgan fingerprint density at radius 2 is 1.67 bits per heavy atom. The van der Waals surface area contributed by atoms with E-state index < -0.39 is 18.1 Å². The summed E-state index contributed by atoms with van der Waals surface area (Å²) in [4.78, 5) is 40.5. The van der Waals surface area contributed by atoms with Gasteiger partial charge in [0.1, 0.15) is 17.2 Å². The fourth-order valence-corrected chi connectivity index (χ4v) is 5.69. The van der Waals surface area contributed by atoms with Gasteiger partial charge in [-0.2, -0.15) is 0 Å². The topological polar surface area (TPSA) is 84.9 Å². The van der Waals surface area contributed by atoms with E-state index in [9.17, 15) is 14.4 Å². The van der Waals surface area contributed by atoms with Crippen LogP contribution in [0.1, 0.15) is 47.9 Å². The third kappa shape index (κ3) is 5.86. The third-order valence-electron chi connectivity index (χ3n) is 6.77. The van der Waals surface area contributed by atoms with Crippen LogP contribution in [-0.4, -0.2) is 46.0 Å². The smallest absolute Gasteiger partial charge is 0.337 e. The van der Waals surface area contributed by atoms with E-state index in [0.29, 0.717) is 22.6 Å². The Bertz CT molecular complexity index is 1340. The highest BCUT2D eigenvalue weighted by molar-refractivity contribution is 8.00. The molecule has 3 aromatic carbocycles. The van der Waals surface area contributed by atoms with E-state index in [-0.39, 0.29) is 23.3 Å². The lowest BCUT2D eigenvalue weighted by molar-refractivity contribution is -0.143. The van der Waals surface area contributed by atoms with Crippen LogP contribution >= 0.6 is 11.8 Å². The zero-order chi connectivity index (χ0) is 27.4. The molecule has 39 heavy (non-hydrogen) atoms. The second kappa shape index (κ2) is 11.8. The number of hydrogen-bond donors (Lipinski definition) is 1. The molecular formula is C31H30N2O5S. The lowest BCUT2D eigenvalue weighted by Crippen LogP contribution is -2.68. The average molecular weight is 543 g/mol. The fourth-order valence-electron chi connectivity index (χ4n) is 4.44. The van der Waals surface area contributed by atoms with Crippen LogP contribution in [0.3, 0.4) is 0 Å². The van der Waals surface area contributed by atoms with Crippen LogP contribution in [0.4, 0.5) is 0 Å². The van der Waals surface area contributed by atoms with Gasteiger partial charge in [-0.05, 0) is 42.7 Å². The SMILES string of the molecule is CCC(C)Oc1cccc(C(=O)NC2C(=O)N3C=C(C(=O)OC(c4ccccc4)c4ccccc4)CS[C@H]23)c1. The Morgan fingerprint density at radius 3 is 2.31 bits per heavy atom. The number of fused-ring (bicyclic) bond motifs is 1. The van der Waals surface area contributed by atoms with Gasteiger partial charge in [-0.3, -0.25) is 9.59 Å². The van der Waals surface area contributed by atoms with Crippen molar-refractivity contribution in [2.24, 2.45) is 0 Å². The zero-order valence-electron chi connectivity index (χ0n) is 21.8. The molecule has 2 heterocycles. The summed E-state index contributed by atoms with van der Waals surface area (Å²) in [6, 6.07) is 25.4. The standard InChI is InChI=1S/C31H30N2O5S/c1-3-20(2)37-25-16-10-15-23(17-25)28(34)32-26-29(35)33-18-24(19-39-30(26)33)31(36)38-27(21-11-6-4-7-12-21)22-13-8-5-9-14-22/h4-18,20,26-27,30H,3,19H2,1-2H3,(H,32,34)/t20?,26?,30-/m1/s1.